The lowest BCUT2D eigenvalue weighted by molar-refractivity contribution is -0.142. The van der Waals surface area contributed by atoms with Crippen molar-refractivity contribution < 1.29 is 23.5 Å². The number of carbonyl (C=O) groups excluding carboxylic acids is 2. The van der Waals surface area contributed by atoms with E-state index in [1.165, 1.54) is 0 Å². The van der Waals surface area contributed by atoms with Crippen LogP contribution in [0.3, 0.4) is 0 Å². The van der Waals surface area contributed by atoms with Gasteiger partial charge >= 0.3 is 5.97 Å². The van der Waals surface area contributed by atoms with E-state index in [-0.39, 0.29) is 18.5 Å². The Labute approximate surface area is 158 Å². The van der Waals surface area contributed by atoms with Gasteiger partial charge in [0.2, 0.25) is 0 Å². The fourth-order valence-corrected chi connectivity index (χ4v) is 4.17. The van der Waals surface area contributed by atoms with Crippen molar-refractivity contribution in [1.82, 2.24) is 5.32 Å². The van der Waals surface area contributed by atoms with Crippen molar-refractivity contribution in [2.45, 2.75) is 58.0 Å². The monoisotopic (exact) mass is 371 g/mol. The van der Waals surface area contributed by atoms with E-state index in [0.717, 1.165) is 42.8 Å². The number of furan rings is 1. The summed E-state index contributed by atoms with van der Waals surface area (Å²) in [6.45, 7) is 4.66. The molecule has 0 radical (unpaired) electrons. The lowest BCUT2D eigenvalue weighted by Crippen LogP contribution is -2.34. The van der Waals surface area contributed by atoms with Crippen LogP contribution in [0.4, 0.5) is 0 Å². The molecule has 3 aliphatic rings. The quantitative estimate of drug-likeness (QED) is 0.819. The Balaban J connectivity index is 1.67. The van der Waals surface area contributed by atoms with Crippen molar-refractivity contribution >= 4 is 11.8 Å². The summed E-state index contributed by atoms with van der Waals surface area (Å²) in [4.78, 5) is 25.7. The van der Waals surface area contributed by atoms with Crippen LogP contribution in [0.15, 0.2) is 39.1 Å². The van der Waals surface area contributed by atoms with E-state index in [0.29, 0.717) is 29.9 Å². The molecule has 3 heterocycles. The van der Waals surface area contributed by atoms with Gasteiger partial charge in [-0.1, -0.05) is 0 Å². The van der Waals surface area contributed by atoms with Crippen molar-refractivity contribution in [3.05, 3.63) is 46.2 Å². The molecule has 1 aromatic rings. The molecule has 1 saturated heterocycles. The highest BCUT2D eigenvalue weighted by Crippen LogP contribution is 2.43. The first-order valence-electron chi connectivity index (χ1n) is 9.63. The molecule has 0 saturated carbocycles. The lowest BCUT2D eigenvalue weighted by Gasteiger charge is -2.33. The second-order valence-corrected chi connectivity index (χ2v) is 7.45. The van der Waals surface area contributed by atoms with Crippen molar-refractivity contribution in [2.75, 3.05) is 13.2 Å². The van der Waals surface area contributed by atoms with E-state index >= 15 is 0 Å². The Morgan fingerprint density at radius 3 is 2.81 bits per heavy atom. The van der Waals surface area contributed by atoms with Gasteiger partial charge in [0.1, 0.15) is 18.1 Å². The van der Waals surface area contributed by atoms with Gasteiger partial charge in [-0.25, -0.2) is 4.79 Å². The number of carbonyl (C=O) groups is 2. The van der Waals surface area contributed by atoms with Crippen LogP contribution in [0.5, 0.6) is 0 Å². The maximum Gasteiger partial charge on any atom is 0.336 e. The molecular weight excluding hydrogens is 346 g/mol. The van der Waals surface area contributed by atoms with Crippen LogP contribution in [-0.4, -0.2) is 31.1 Å². The molecule has 0 spiro atoms. The zero-order valence-electron chi connectivity index (χ0n) is 15.8. The average molecular weight is 371 g/mol. The Morgan fingerprint density at radius 2 is 2.11 bits per heavy atom. The lowest BCUT2D eigenvalue weighted by atomic mass is 9.77. The van der Waals surface area contributed by atoms with Crippen molar-refractivity contribution in [3.8, 4) is 0 Å². The van der Waals surface area contributed by atoms with Crippen LogP contribution in [0.1, 0.15) is 56.5 Å². The van der Waals surface area contributed by atoms with Gasteiger partial charge in [0.25, 0.3) is 0 Å². The number of ketones is 1. The number of ether oxygens (including phenoxy) is 2. The third-order valence-corrected chi connectivity index (χ3v) is 5.47. The molecule has 0 unspecified atom stereocenters. The Morgan fingerprint density at radius 1 is 1.26 bits per heavy atom. The van der Waals surface area contributed by atoms with Gasteiger partial charge in [0.05, 0.1) is 17.6 Å². The van der Waals surface area contributed by atoms with Gasteiger partial charge in [0.15, 0.2) is 5.78 Å². The third kappa shape index (κ3) is 3.46. The minimum atomic E-state index is -0.514. The number of allylic oxidation sites excluding steroid dienone is 3. The zero-order valence-corrected chi connectivity index (χ0v) is 15.8. The molecule has 1 aliphatic carbocycles. The SMILES string of the molecule is CC1=C(C(=O)OC[C@@H]2CCCO2)[C@H](c2ccc(C)o2)C2=C(CCCC2=O)N1. The molecule has 2 aliphatic heterocycles. The molecule has 1 N–H and O–H groups in total. The highest BCUT2D eigenvalue weighted by molar-refractivity contribution is 6.03. The molecular formula is C21H25NO5. The van der Waals surface area contributed by atoms with Crippen LogP contribution in [-0.2, 0) is 19.1 Å². The standard InChI is InChI=1S/C21H25NO5/c1-12-8-9-17(27-12)20-18(21(24)26-11-14-5-4-10-25-14)13(2)22-15-6-3-7-16(23)19(15)20/h8-9,14,20,22H,3-7,10-11H2,1-2H3/t14-,20-/m0/s1. The molecule has 6 heteroatoms. The summed E-state index contributed by atoms with van der Waals surface area (Å²) >= 11 is 0. The summed E-state index contributed by atoms with van der Waals surface area (Å²) < 4.78 is 17.0. The molecule has 2 atom stereocenters. The van der Waals surface area contributed by atoms with E-state index in [1.54, 1.807) is 0 Å². The number of rotatable bonds is 4. The van der Waals surface area contributed by atoms with E-state index < -0.39 is 11.9 Å². The van der Waals surface area contributed by atoms with Gasteiger partial charge in [-0.05, 0) is 51.7 Å². The molecule has 0 bridgehead atoms. The largest absolute Gasteiger partial charge is 0.465 e. The van der Waals surface area contributed by atoms with Crippen LogP contribution in [0.2, 0.25) is 0 Å². The summed E-state index contributed by atoms with van der Waals surface area (Å²) in [6, 6.07) is 3.70. The van der Waals surface area contributed by atoms with Crippen molar-refractivity contribution in [1.29, 1.82) is 0 Å². The molecule has 4 rings (SSSR count). The van der Waals surface area contributed by atoms with Crippen LogP contribution in [0, 0.1) is 6.92 Å². The molecule has 1 aromatic heterocycles. The molecule has 6 nitrogen and oxygen atoms in total. The zero-order chi connectivity index (χ0) is 19.0. The predicted octanol–water partition coefficient (Wildman–Crippen LogP) is 3.28. The first kappa shape index (κ1) is 18.0. The normalized spacial score (nSPS) is 25.5. The fraction of sp³-hybridized carbons (Fsp3) is 0.524. The topological polar surface area (TPSA) is 77.8 Å². The molecule has 0 aromatic carbocycles. The number of nitrogens with one attached hydrogen (secondary N) is 1. The predicted molar refractivity (Wildman–Crippen MR) is 97.8 cm³/mol. The first-order valence-corrected chi connectivity index (χ1v) is 9.63. The summed E-state index contributed by atoms with van der Waals surface area (Å²) in [5.74, 6) is 0.498. The number of hydrogen-bond acceptors (Lipinski definition) is 6. The first-order chi connectivity index (χ1) is 13.0. The average Bonchev–Trinajstić information content (AvgIpc) is 3.30. The van der Waals surface area contributed by atoms with Crippen LogP contribution >= 0.6 is 0 Å². The number of esters is 1. The molecule has 1 fully saturated rings. The maximum absolute atomic E-state index is 13.0. The Hall–Kier alpha value is -2.34. The van der Waals surface area contributed by atoms with Gasteiger partial charge < -0.3 is 19.2 Å². The summed E-state index contributed by atoms with van der Waals surface area (Å²) in [6.07, 6.45) is 3.96. The Bertz CT molecular complexity index is 825. The minimum Gasteiger partial charge on any atom is -0.465 e. The highest BCUT2D eigenvalue weighted by atomic mass is 16.6. The van der Waals surface area contributed by atoms with Gasteiger partial charge in [-0.3, -0.25) is 4.79 Å². The van der Waals surface area contributed by atoms with E-state index in [2.05, 4.69) is 5.32 Å². The van der Waals surface area contributed by atoms with Gasteiger partial charge in [-0.2, -0.15) is 0 Å². The van der Waals surface area contributed by atoms with Gasteiger partial charge in [0, 0.05) is 30.0 Å². The summed E-state index contributed by atoms with van der Waals surface area (Å²) in [5, 5.41) is 3.28. The van der Waals surface area contributed by atoms with Crippen LogP contribution in [0.25, 0.3) is 0 Å². The number of aryl methyl sites for hydroxylation is 1. The maximum atomic E-state index is 13.0. The number of hydrogen-bond donors (Lipinski definition) is 1. The van der Waals surface area contributed by atoms with Gasteiger partial charge in [-0.15, -0.1) is 0 Å². The molecule has 27 heavy (non-hydrogen) atoms. The van der Waals surface area contributed by atoms with Crippen LogP contribution < -0.4 is 5.32 Å². The molecule has 144 valence electrons. The Kier molecular flexibility index (Phi) is 4.91. The number of dihydropyridines is 1. The summed E-state index contributed by atoms with van der Waals surface area (Å²) in [5.41, 5.74) is 2.72. The second kappa shape index (κ2) is 7.35. The third-order valence-electron chi connectivity index (χ3n) is 5.47. The smallest absolute Gasteiger partial charge is 0.336 e. The fourth-order valence-electron chi connectivity index (χ4n) is 4.17. The van der Waals surface area contributed by atoms with Crippen molar-refractivity contribution in [2.24, 2.45) is 0 Å². The summed E-state index contributed by atoms with van der Waals surface area (Å²) in [7, 11) is 0. The minimum absolute atomic E-state index is 0.0400. The van der Waals surface area contributed by atoms with Crippen molar-refractivity contribution in [3.63, 3.8) is 0 Å². The number of Topliss-reactive ketones (excluding diaryl/α,β-unsaturated/α-hetero) is 1. The van der Waals surface area contributed by atoms with E-state index in [4.69, 9.17) is 13.9 Å². The molecule has 0 amide bonds. The van der Waals surface area contributed by atoms with E-state index in [1.807, 2.05) is 26.0 Å². The highest BCUT2D eigenvalue weighted by Gasteiger charge is 2.40. The van der Waals surface area contributed by atoms with E-state index in [9.17, 15) is 9.59 Å². The second-order valence-electron chi connectivity index (χ2n) is 7.45.